The average molecular weight is 283 g/mol. The summed E-state index contributed by atoms with van der Waals surface area (Å²) >= 11 is 0. The van der Waals surface area contributed by atoms with E-state index in [9.17, 15) is 4.39 Å². The SMILES string of the molecule is Cc1cc(C)c(C(N)c2nn(C)c3ccccc23)c(F)c1. The predicted octanol–water partition coefficient (Wildman–Crippen LogP) is 3.38. The Morgan fingerprint density at radius 1 is 1.19 bits per heavy atom. The largest absolute Gasteiger partial charge is 0.319 e. The van der Waals surface area contributed by atoms with Crippen LogP contribution >= 0.6 is 0 Å². The molecular weight excluding hydrogens is 265 g/mol. The van der Waals surface area contributed by atoms with E-state index in [1.54, 1.807) is 4.68 Å². The maximum Gasteiger partial charge on any atom is 0.128 e. The molecule has 3 rings (SSSR count). The van der Waals surface area contributed by atoms with Crippen molar-refractivity contribution < 1.29 is 4.39 Å². The van der Waals surface area contributed by atoms with Crippen LogP contribution in [0.2, 0.25) is 0 Å². The minimum absolute atomic E-state index is 0.269. The summed E-state index contributed by atoms with van der Waals surface area (Å²) in [5.74, 6) is -0.269. The van der Waals surface area contributed by atoms with E-state index >= 15 is 0 Å². The van der Waals surface area contributed by atoms with E-state index in [2.05, 4.69) is 5.10 Å². The van der Waals surface area contributed by atoms with E-state index in [-0.39, 0.29) is 5.82 Å². The summed E-state index contributed by atoms with van der Waals surface area (Å²) in [6, 6.07) is 10.7. The first-order valence-electron chi connectivity index (χ1n) is 6.93. The lowest BCUT2D eigenvalue weighted by molar-refractivity contribution is 0.591. The van der Waals surface area contributed by atoms with Gasteiger partial charge in [0, 0.05) is 18.0 Å². The van der Waals surface area contributed by atoms with Crippen molar-refractivity contribution in [2.45, 2.75) is 19.9 Å². The lowest BCUT2D eigenvalue weighted by atomic mass is 9.95. The highest BCUT2D eigenvalue weighted by Gasteiger charge is 2.21. The summed E-state index contributed by atoms with van der Waals surface area (Å²) in [4.78, 5) is 0. The first kappa shape index (κ1) is 13.8. The number of para-hydroxylation sites is 1. The summed E-state index contributed by atoms with van der Waals surface area (Å²) < 4.78 is 16.1. The van der Waals surface area contributed by atoms with Gasteiger partial charge in [-0.1, -0.05) is 24.3 Å². The molecule has 3 nitrogen and oxygen atoms in total. The number of halogens is 1. The van der Waals surface area contributed by atoms with Gasteiger partial charge < -0.3 is 5.73 Å². The van der Waals surface area contributed by atoms with Crippen LogP contribution in [0.25, 0.3) is 10.9 Å². The van der Waals surface area contributed by atoms with Crippen LogP contribution in [0.4, 0.5) is 4.39 Å². The summed E-state index contributed by atoms with van der Waals surface area (Å²) in [7, 11) is 1.87. The second kappa shape index (κ2) is 4.97. The Kier molecular flexibility index (Phi) is 3.26. The summed E-state index contributed by atoms with van der Waals surface area (Å²) in [5.41, 5.74) is 10.3. The number of aryl methyl sites for hydroxylation is 3. The molecule has 0 aliphatic carbocycles. The monoisotopic (exact) mass is 283 g/mol. The van der Waals surface area contributed by atoms with Gasteiger partial charge in [-0.15, -0.1) is 0 Å². The zero-order chi connectivity index (χ0) is 15.1. The molecule has 2 N–H and O–H groups in total. The lowest BCUT2D eigenvalue weighted by Crippen LogP contribution is -2.16. The van der Waals surface area contributed by atoms with E-state index in [1.807, 2.05) is 51.2 Å². The summed E-state index contributed by atoms with van der Waals surface area (Å²) in [6.07, 6.45) is 0. The molecule has 3 aromatic rings. The highest BCUT2D eigenvalue weighted by atomic mass is 19.1. The molecule has 0 aliphatic rings. The van der Waals surface area contributed by atoms with Crippen molar-refractivity contribution in [1.82, 2.24) is 9.78 Å². The Balaban J connectivity index is 2.20. The second-order valence-electron chi connectivity index (χ2n) is 5.48. The van der Waals surface area contributed by atoms with Gasteiger partial charge in [-0.05, 0) is 37.1 Å². The minimum atomic E-state index is -0.573. The number of fused-ring (bicyclic) bond motifs is 1. The molecule has 21 heavy (non-hydrogen) atoms. The van der Waals surface area contributed by atoms with Crippen molar-refractivity contribution in [3.05, 3.63) is 64.6 Å². The molecule has 1 unspecified atom stereocenters. The maximum atomic E-state index is 14.3. The first-order chi connectivity index (χ1) is 9.99. The van der Waals surface area contributed by atoms with Crippen molar-refractivity contribution in [3.63, 3.8) is 0 Å². The van der Waals surface area contributed by atoms with Gasteiger partial charge in [-0.3, -0.25) is 4.68 Å². The molecule has 0 amide bonds. The second-order valence-corrected chi connectivity index (χ2v) is 5.48. The highest BCUT2D eigenvalue weighted by Crippen LogP contribution is 2.30. The standard InChI is InChI=1S/C17H18FN3/c1-10-8-11(2)15(13(18)9-10)16(19)17-12-6-4-5-7-14(12)21(3)20-17/h4-9,16H,19H2,1-3H3. The fraction of sp³-hybridized carbons (Fsp3) is 0.235. The van der Waals surface area contributed by atoms with Gasteiger partial charge >= 0.3 is 0 Å². The molecule has 0 radical (unpaired) electrons. The van der Waals surface area contributed by atoms with Crippen molar-refractivity contribution in [3.8, 4) is 0 Å². The first-order valence-corrected chi connectivity index (χ1v) is 6.93. The Bertz CT molecular complexity index is 797. The van der Waals surface area contributed by atoms with Crippen LogP contribution in [0.5, 0.6) is 0 Å². The Labute approximate surface area is 123 Å². The molecule has 2 aromatic carbocycles. The van der Waals surface area contributed by atoms with E-state index < -0.39 is 6.04 Å². The smallest absolute Gasteiger partial charge is 0.128 e. The van der Waals surface area contributed by atoms with Gasteiger partial charge in [-0.25, -0.2) is 4.39 Å². The number of aromatic nitrogens is 2. The van der Waals surface area contributed by atoms with Gasteiger partial charge in [0.2, 0.25) is 0 Å². The summed E-state index contributed by atoms with van der Waals surface area (Å²) in [5, 5.41) is 5.46. The van der Waals surface area contributed by atoms with Crippen LogP contribution in [0.3, 0.4) is 0 Å². The third-order valence-electron chi connectivity index (χ3n) is 3.87. The van der Waals surface area contributed by atoms with Crippen LogP contribution in [-0.2, 0) is 7.05 Å². The molecule has 0 bridgehead atoms. The van der Waals surface area contributed by atoms with Crippen molar-refractivity contribution in [2.24, 2.45) is 12.8 Å². The number of hydrogen-bond donors (Lipinski definition) is 1. The van der Waals surface area contributed by atoms with E-state index in [0.29, 0.717) is 11.3 Å². The Morgan fingerprint density at radius 2 is 1.90 bits per heavy atom. The Hall–Kier alpha value is -2.20. The van der Waals surface area contributed by atoms with Crippen LogP contribution in [0.15, 0.2) is 36.4 Å². The third kappa shape index (κ3) is 2.21. The van der Waals surface area contributed by atoms with Crippen LogP contribution in [-0.4, -0.2) is 9.78 Å². The van der Waals surface area contributed by atoms with E-state index in [4.69, 9.17) is 5.73 Å². The van der Waals surface area contributed by atoms with Crippen LogP contribution in [0.1, 0.15) is 28.4 Å². The molecule has 1 atom stereocenters. The fourth-order valence-corrected chi connectivity index (χ4v) is 2.93. The molecule has 1 heterocycles. The molecule has 4 heteroatoms. The van der Waals surface area contributed by atoms with Gasteiger partial charge in [0.05, 0.1) is 17.3 Å². The fourth-order valence-electron chi connectivity index (χ4n) is 2.93. The Morgan fingerprint density at radius 3 is 2.62 bits per heavy atom. The van der Waals surface area contributed by atoms with Crippen LogP contribution in [0, 0.1) is 19.7 Å². The normalized spacial score (nSPS) is 12.8. The lowest BCUT2D eigenvalue weighted by Gasteiger charge is -2.15. The minimum Gasteiger partial charge on any atom is -0.319 e. The predicted molar refractivity (Wildman–Crippen MR) is 82.6 cm³/mol. The topological polar surface area (TPSA) is 43.8 Å². The number of benzene rings is 2. The zero-order valence-corrected chi connectivity index (χ0v) is 12.4. The summed E-state index contributed by atoms with van der Waals surface area (Å²) in [6.45, 7) is 3.76. The molecule has 0 saturated heterocycles. The van der Waals surface area contributed by atoms with Gasteiger partial charge in [0.1, 0.15) is 5.82 Å². The van der Waals surface area contributed by atoms with Crippen molar-refractivity contribution in [1.29, 1.82) is 0 Å². The van der Waals surface area contributed by atoms with E-state index in [0.717, 1.165) is 22.0 Å². The number of nitrogens with zero attached hydrogens (tertiary/aromatic N) is 2. The molecule has 0 aliphatic heterocycles. The number of nitrogens with two attached hydrogens (primary N) is 1. The number of hydrogen-bond acceptors (Lipinski definition) is 2. The zero-order valence-electron chi connectivity index (χ0n) is 12.4. The molecule has 108 valence electrons. The van der Waals surface area contributed by atoms with Gasteiger partial charge in [-0.2, -0.15) is 5.10 Å². The highest BCUT2D eigenvalue weighted by molar-refractivity contribution is 5.82. The molecule has 0 fully saturated rings. The number of rotatable bonds is 2. The molecule has 0 saturated carbocycles. The van der Waals surface area contributed by atoms with E-state index in [1.165, 1.54) is 6.07 Å². The average Bonchev–Trinajstić information content (AvgIpc) is 2.75. The van der Waals surface area contributed by atoms with Gasteiger partial charge in [0.15, 0.2) is 0 Å². The quantitative estimate of drug-likeness (QED) is 0.783. The molecule has 1 aromatic heterocycles. The van der Waals surface area contributed by atoms with Crippen LogP contribution < -0.4 is 5.73 Å². The maximum absolute atomic E-state index is 14.3. The molecule has 0 spiro atoms. The third-order valence-corrected chi connectivity index (χ3v) is 3.87. The van der Waals surface area contributed by atoms with Crippen molar-refractivity contribution >= 4 is 10.9 Å². The van der Waals surface area contributed by atoms with Gasteiger partial charge in [0.25, 0.3) is 0 Å². The molecular formula is C17H18FN3. The van der Waals surface area contributed by atoms with Crippen molar-refractivity contribution in [2.75, 3.05) is 0 Å².